The van der Waals surface area contributed by atoms with E-state index in [1.165, 1.54) is 11.6 Å². The number of anilines is 1. The second-order valence-corrected chi connectivity index (χ2v) is 7.18. The first kappa shape index (κ1) is 18.8. The van der Waals surface area contributed by atoms with Gasteiger partial charge in [-0.25, -0.2) is 14.1 Å². The molecule has 1 amide bonds. The van der Waals surface area contributed by atoms with Gasteiger partial charge in [0.05, 0.1) is 5.69 Å². The number of carbonyl (C=O) groups excluding carboxylic acids is 1. The van der Waals surface area contributed by atoms with Gasteiger partial charge in [-0.15, -0.1) is 0 Å². The van der Waals surface area contributed by atoms with E-state index < -0.39 is 0 Å². The number of nitrogens with zero attached hydrogens (tertiary/aromatic N) is 3. The van der Waals surface area contributed by atoms with Crippen molar-refractivity contribution < 1.29 is 9.18 Å². The molecular weight excluding hydrogens is 367 g/mol. The number of aromatic nitrogens is 3. The number of rotatable bonds is 4. The fourth-order valence-electron chi connectivity index (χ4n) is 3.45. The van der Waals surface area contributed by atoms with Crippen LogP contribution in [0.4, 0.5) is 10.1 Å². The van der Waals surface area contributed by atoms with Gasteiger partial charge in [0.2, 0.25) is 5.91 Å². The van der Waals surface area contributed by atoms with Crippen molar-refractivity contribution in [3.63, 3.8) is 0 Å². The first-order chi connectivity index (χ1) is 13.9. The summed E-state index contributed by atoms with van der Waals surface area (Å²) in [5, 5.41) is 8.17. The number of carbonyl (C=O) groups is 1. The molecule has 0 atom stereocenters. The lowest BCUT2D eigenvalue weighted by Gasteiger charge is -2.08. The maximum absolute atomic E-state index is 13.7. The molecule has 0 unspecified atom stereocenters. The smallest absolute Gasteiger partial charge is 0.246 e. The highest BCUT2D eigenvalue weighted by Crippen LogP contribution is 2.30. The fraction of sp³-hybridized carbons (Fsp3) is 0.174. The van der Waals surface area contributed by atoms with Crippen LogP contribution in [-0.2, 0) is 11.3 Å². The number of aryl methyl sites for hydroxylation is 3. The average molecular weight is 388 g/mol. The zero-order valence-electron chi connectivity index (χ0n) is 16.5. The van der Waals surface area contributed by atoms with Crippen molar-refractivity contribution in [3.05, 3.63) is 77.4 Å². The number of pyridine rings is 1. The minimum atomic E-state index is -0.354. The van der Waals surface area contributed by atoms with E-state index in [1.807, 2.05) is 19.1 Å². The topological polar surface area (TPSA) is 59.8 Å². The Balaban J connectivity index is 1.66. The van der Waals surface area contributed by atoms with Crippen molar-refractivity contribution in [2.24, 2.45) is 0 Å². The molecule has 0 spiro atoms. The van der Waals surface area contributed by atoms with E-state index in [2.05, 4.69) is 40.5 Å². The van der Waals surface area contributed by atoms with Crippen LogP contribution in [0.5, 0.6) is 0 Å². The van der Waals surface area contributed by atoms with Crippen molar-refractivity contribution in [2.75, 3.05) is 5.32 Å². The van der Waals surface area contributed by atoms with Gasteiger partial charge in [0.1, 0.15) is 12.4 Å². The molecule has 5 nitrogen and oxygen atoms in total. The monoisotopic (exact) mass is 388 g/mol. The number of amides is 1. The molecule has 146 valence electrons. The van der Waals surface area contributed by atoms with Gasteiger partial charge in [-0.3, -0.25) is 4.79 Å². The van der Waals surface area contributed by atoms with E-state index >= 15 is 0 Å². The highest BCUT2D eigenvalue weighted by atomic mass is 19.1. The Bertz CT molecular complexity index is 1230. The number of nitrogens with one attached hydrogen (secondary N) is 1. The van der Waals surface area contributed by atoms with Gasteiger partial charge in [-0.2, -0.15) is 5.10 Å². The summed E-state index contributed by atoms with van der Waals surface area (Å²) >= 11 is 0. The molecule has 2 aromatic heterocycles. The molecule has 1 N–H and O–H groups in total. The number of benzene rings is 2. The van der Waals surface area contributed by atoms with Crippen LogP contribution in [0.25, 0.3) is 22.2 Å². The maximum Gasteiger partial charge on any atom is 0.246 e. The minimum absolute atomic E-state index is 0.00982. The van der Waals surface area contributed by atoms with Crippen LogP contribution >= 0.6 is 0 Å². The van der Waals surface area contributed by atoms with E-state index in [0.29, 0.717) is 16.9 Å². The average Bonchev–Trinajstić information content (AvgIpc) is 3.00. The highest BCUT2D eigenvalue weighted by molar-refractivity contribution is 5.96. The molecule has 4 rings (SSSR count). The molecule has 0 aliphatic carbocycles. The molecule has 0 saturated heterocycles. The Morgan fingerprint density at radius 2 is 1.93 bits per heavy atom. The SMILES string of the molecule is Cc1cccc(-c2ccnc3c2c(C)nn3CC(=O)Nc2ccc(C)c(F)c2)c1. The van der Waals surface area contributed by atoms with Crippen molar-refractivity contribution in [2.45, 2.75) is 27.3 Å². The summed E-state index contributed by atoms with van der Waals surface area (Å²) in [5.74, 6) is -0.645. The third kappa shape index (κ3) is 3.74. The van der Waals surface area contributed by atoms with Gasteiger partial charge in [0.25, 0.3) is 0 Å². The molecule has 29 heavy (non-hydrogen) atoms. The molecule has 6 heteroatoms. The molecule has 0 aliphatic rings. The summed E-state index contributed by atoms with van der Waals surface area (Å²) in [4.78, 5) is 17.0. The van der Waals surface area contributed by atoms with E-state index in [4.69, 9.17) is 0 Å². The zero-order chi connectivity index (χ0) is 20.5. The molecule has 0 aliphatic heterocycles. The van der Waals surface area contributed by atoms with Gasteiger partial charge < -0.3 is 5.32 Å². The summed E-state index contributed by atoms with van der Waals surface area (Å²) in [6.45, 7) is 5.63. The summed E-state index contributed by atoms with van der Waals surface area (Å²) in [5.41, 5.74) is 5.68. The molecule has 2 heterocycles. The van der Waals surface area contributed by atoms with Gasteiger partial charge in [-0.05, 0) is 55.7 Å². The fourth-order valence-corrected chi connectivity index (χ4v) is 3.45. The molecular formula is C23H21FN4O. The van der Waals surface area contributed by atoms with E-state index in [0.717, 1.165) is 22.2 Å². The van der Waals surface area contributed by atoms with Gasteiger partial charge in [0.15, 0.2) is 5.65 Å². The lowest BCUT2D eigenvalue weighted by Crippen LogP contribution is -2.20. The zero-order valence-corrected chi connectivity index (χ0v) is 16.5. The van der Waals surface area contributed by atoms with Crippen molar-refractivity contribution in [3.8, 4) is 11.1 Å². The van der Waals surface area contributed by atoms with E-state index in [9.17, 15) is 9.18 Å². The van der Waals surface area contributed by atoms with Gasteiger partial charge in [-0.1, -0.05) is 35.9 Å². The summed E-state index contributed by atoms with van der Waals surface area (Å²) in [7, 11) is 0. The van der Waals surface area contributed by atoms with Crippen LogP contribution in [0.3, 0.4) is 0 Å². The predicted octanol–water partition coefficient (Wildman–Crippen LogP) is 4.80. The highest BCUT2D eigenvalue weighted by Gasteiger charge is 2.16. The lowest BCUT2D eigenvalue weighted by molar-refractivity contribution is -0.116. The number of hydrogen-bond acceptors (Lipinski definition) is 3. The first-order valence-electron chi connectivity index (χ1n) is 9.37. The largest absolute Gasteiger partial charge is 0.324 e. The quantitative estimate of drug-likeness (QED) is 0.546. The van der Waals surface area contributed by atoms with Gasteiger partial charge >= 0.3 is 0 Å². The van der Waals surface area contributed by atoms with Crippen molar-refractivity contribution >= 4 is 22.6 Å². The molecule has 0 radical (unpaired) electrons. The van der Waals surface area contributed by atoms with Crippen molar-refractivity contribution in [1.82, 2.24) is 14.8 Å². The Morgan fingerprint density at radius 1 is 1.10 bits per heavy atom. The van der Waals surface area contributed by atoms with Crippen LogP contribution in [0, 0.1) is 26.6 Å². The minimum Gasteiger partial charge on any atom is -0.324 e. The third-order valence-electron chi connectivity index (χ3n) is 4.89. The van der Waals surface area contributed by atoms with E-state index in [-0.39, 0.29) is 18.3 Å². The first-order valence-corrected chi connectivity index (χ1v) is 9.37. The predicted molar refractivity (Wildman–Crippen MR) is 112 cm³/mol. The maximum atomic E-state index is 13.7. The van der Waals surface area contributed by atoms with Crippen LogP contribution in [0.15, 0.2) is 54.7 Å². The number of hydrogen-bond donors (Lipinski definition) is 1. The Kier molecular flexibility index (Phi) is 4.84. The van der Waals surface area contributed by atoms with E-state index in [1.54, 1.807) is 29.9 Å². The molecule has 0 saturated carbocycles. The van der Waals surface area contributed by atoms with Crippen LogP contribution in [-0.4, -0.2) is 20.7 Å². The third-order valence-corrected chi connectivity index (χ3v) is 4.89. The molecule has 0 fully saturated rings. The van der Waals surface area contributed by atoms with Crippen LogP contribution < -0.4 is 5.32 Å². The normalized spacial score (nSPS) is 11.0. The molecule has 2 aromatic carbocycles. The molecule has 4 aromatic rings. The molecule has 0 bridgehead atoms. The lowest BCUT2D eigenvalue weighted by atomic mass is 10.0. The Morgan fingerprint density at radius 3 is 2.69 bits per heavy atom. The Hall–Kier alpha value is -3.54. The standard InChI is InChI=1S/C23H21FN4O/c1-14-5-4-6-17(11-14)19-9-10-25-23-22(19)16(3)27-28(23)13-21(29)26-18-8-7-15(2)20(24)12-18/h4-12H,13H2,1-3H3,(H,26,29). The van der Waals surface area contributed by atoms with Crippen LogP contribution in [0.1, 0.15) is 16.8 Å². The second-order valence-electron chi connectivity index (χ2n) is 7.18. The van der Waals surface area contributed by atoms with Crippen molar-refractivity contribution in [1.29, 1.82) is 0 Å². The Labute approximate surface area is 168 Å². The summed E-state index contributed by atoms with van der Waals surface area (Å²) < 4.78 is 15.3. The van der Waals surface area contributed by atoms with Crippen LogP contribution in [0.2, 0.25) is 0 Å². The van der Waals surface area contributed by atoms with Gasteiger partial charge in [0, 0.05) is 17.3 Å². The number of fused-ring (bicyclic) bond motifs is 1. The second kappa shape index (κ2) is 7.47. The number of halogens is 1. The summed E-state index contributed by atoms with van der Waals surface area (Å²) in [6, 6.07) is 14.8. The summed E-state index contributed by atoms with van der Waals surface area (Å²) in [6.07, 6.45) is 1.73.